The van der Waals surface area contributed by atoms with Gasteiger partial charge in [0.2, 0.25) is 0 Å². The summed E-state index contributed by atoms with van der Waals surface area (Å²) in [5.74, 6) is -2.15. The van der Waals surface area contributed by atoms with E-state index in [1.807, 2.05) is 0 Å². The molecular formula is C15H17NO5. The molecule has 6 heteroatoms. The maximum absolute atomic E-state index is 12.5. The Morgan fingerprint density at radius 1 is 1.38 bits per heavy atom. The van der Waals surface area contributed by atoms with Crippen molar-refractivity contribution in [2.75, 3.05) is 13.1 Å². The fourth-order valence-electron chi connectivity index (χ4n) is 2.48. The SMILES string of the molecule is CCN(CC(=O)O)C(=O)C1(C)Cc2ccccc2C(=O)O1. The molecule has 1 aromatic rings. The predicted molar refractivity (Wildman–Crippen MR) is 73.9 cm³/mol. The number of likely N-dealkylation sites (N-methyl/N-ethyl adjacent to an activating group) is 1. The first-order chi connectivity index (χ1) is 9.87. The van der Waals surface area contributed by atoms with E-state index in [-0.39, 0.29) is 13.0 Å². The summed E-state index contributed by atoms with van der Waals surface area (Å²) < 4.78 is 5.30. The Bertz CT molecular complexity index is 597. The Hall–Kier alpha value is -2.37. The Kier molecular flexibility index (Phi) is 3.97. The van der Waals surface area contributed by atoms with Gasteiger partial charge >= 0.3 is 11.9 Å². The molecule has 1 aliphatic heterocycles. The van der Waals surface area contributed by atoms with E-state index in [4.69, 9.17) is 9.84 Å². The minimum Gasteiger partial charge on any atom is -0.480 e. The number of rotatable bonds is 4. The first-order valence-corrected chi connectivity index (χ1v) is 6.70. The second kappa shape index (κ2) is 5.55. The van der Waals surface area contributed by atoms with Crippen LogP contribution in [0.25, 0.3) is 0 Å². The van der Waals surface area contributed by atoms with Crippen molar-refractivity contribution >= 4 is 17.8 Å². The number of carbonyl (C=O) groups excluding carboxylic acids is 2. The number of benzene rings is 1. The lowest BCUT2D eigenvalue weighted by Gasteiger charge is -2.36. The molecule has 1 atom stereocenters. The van der Waals surface area contributed by atoms with Gasteiger partial charge in [0.05, 0.1) is 5.56 Å². The minimum absolute atomic E-state index is 0.236. The molecule has 0 fully saturated rings. The Balaban J connectivity index is 2.29. The summed E-state index contributed by atoms with van der Waals surface area (Å²) in [5, 5.41) is 8.85. The van der Waals surface area contributed by atoms with E-state index < -0.39 is 30.0 Å². The van der Waals surface area contributed by atoms with Crippen molar-refractivity contribution in [3.8, 4) is 0 Å². The number of hydrogen-bond donors (Lipinski definition) is 1. The topological polar surface area (TPSA) is 83.9 Å². The van der Waals surface area contributed by atoms with Crippen LogP contribution >= 0.6 is 0 Å². The van der Waals surface area contributed by atoms with Crippen molar-refractivity contribution in [2.45, 2.75) is 25.9 Å². The largest absolute Gasteiger partial charge is 0.480 e. The van der Waals surface area contributed by atoms with Gasteiger partial charge in [-0.15, -0.1) is 0 Å². The summed E-state index contributed by atoms with van der Waals surface area (Å²) >= 11 is 0. The zero-order chi connectivity index (χ0) is 15.6. The Morgan fingerprint density at radius 2 is 2.05 bits per heavy atom. The average molecular weight is 291 g/mol. The fraction of sp³-hybridized carbons (Fsp3) is 0.400. The van der Waals surface area contributed by atoms with Gasteiger partial charge < -0.3 is 14.7 Å². The maximum atomic E-state index is 12.5. The van der Waals surface area contributed by atoms with Gasteiger partial charge in [-0.2, -0.15) is 0 Å². The zero-order valence-electron chi connectivity index (χ0n) is 12.0. The van der Waals surface area contributed by atoms with E-state index in [1.165, 1.54) is 11.8 Å². The van der Waals surface area contributed by atoms with Crippen LogP contribution in [0.5, 0.6) is 0 Å². The van der Waals surface area contributed by atoms with Crippen LogP contribution in [0, 0.1) is 0 Å². The van der Waals surface area contributed by atoms with E-state index in [0.717, 1.165) is 5.56 Å². The molecule has 1 unspecified atom stereocenters. The Labute approximate surface area is 122 Å². The van der Waals surface area contributed by atoms with Gasteiger partial charge in [-0.25, -0.2) is 4.79 Å². The molecule has 1 heterocycles. The van der Waals surface area contributed by atoms with Crippen LogP contribution in [0.1, 0.15) is 29.8 Å². The molecule has 0 bridgehead atoms. The second-order valence-corrected chi connectivity index (χ2v) is 5.17. The number of fused-ring (bicyclic) bond motifs is 1. The highest BCUT2D eigenvalue weighted by Gasteiger charge is 2.44. The van der Waals surface area contributed by atoms with Crippen molar-refractivity contribution in [3.63, 3.8) is 0 Å². The van der Waals surface area contributed by atoms with Crippen LogP contribution in [0.3, 0.4) is 0 Å². The quantitative estimate of drug-likeness (QED) is 0.840. The van der Waals surface area contributed by atoms with Crippen LogP contribution < -0.4 is 0 Å². The standard InChI is InChI=1S/C15H17NO5/c1-3-16(9-12(17)18)14(20)15(2)8-10-6-4-5-7-11(10)13(19)21-15/h4-7H,3,8-9H2,1-2H3,(H,17,18). The zero-order valence-corrected chi connectivity index (χ0v) is 12.0. The highest BCUT2D eigenvalue weighted by molar-refractivity contribution is 5.98. The normalized spacial score (nSPS) is 20.4. The van der Waals surface area contributed by atoms with Crippen LogP contribution in [-0.2, 0) is 20.7 Å². The molecule has 1 N–H and O–H groups in total. The number of nitrogens with zero attached hydrogens (tertiary/aromatic N) is 1. The number of ether oxygens (including phenoxy) is 1. The molecule has 6 nitrogen and oxygen atoms in total. The third kappa shape index (κ3) is 2.89. The van der Waals surface area contributed by atoms with Gasteiger partial charge in [-0.3, -0.25) is 9.59 Å². The molecule has 0 aliphatic carbocycles. The highest BCUT2D eigenvalue weighted by Crippen LogP contribution is 2.29. The first-order valence-electron chi connectivity index (χ1n) is 6.70. The highest BCUT2D eigenvalue weighted by atomic mass is 16.6. The van der Waals surface area contributed by atoms with Gasteiger partial charge in [0.25, 0.3) is 5.91 Å². The monoisotopic (exact) mass is 291 g/mol. The average Bonchev–Trinajstić information content (AvgIpc) is 2.43. The smallest absolute Gasteiger partial charge is 0.339 e. The number of amides is 1. The van der Waals surface area contributed by atoms with Gasteiger partial charge in [-0.05, 0) is 25.5 Å². The molecule has 2 rings (SSSR count). The number of esters is 1. The molecule has 1 aliphatic rings. The summed E-state index contributed by atoms with van der Waals surface area (Å²) in [4.78, 5) is 36.5. The fourth-order valence-corrected chi connectivity index (χ4v) is 2.48. The van der Waals surface area contributed by atoms with Crippen LogP contribution in [0.15, 0.2) is 24.3 Å². The number of carboxylic acid groups (broad SMARTS) is 1. The molecule has 1 amide bonds. The third-order valence-electron chi connectivity index (χ3n) is 3.53. The van der Waals surface area contributed by atoms with E-state index in [0.29, 0.717) is 5.56 Å². The number of cyclic esters (lactones) is 1. The van der Waals surface area contributed by atoms with Crippen LogP contribution in [0.2, 0.25) is 0 Å². The molecule has 112 valence electrons. The minimum atomic E-state index is -1.36. The second-order valence-electron chi connectivity index (χ2n) is 5.17. The van der Waals surface area contributed by atoms with Crippen molar-refractivity contribution in [1.29, 1.82) is 0 Å². The molecule has 0 radical (unpaired) electrons. The van der Waals surface area contributed by atoms with Gasteiger partial charge in [-0.1, -0.05) is 18.2 Å². The summed E-state index contributed by atoms with van der Waals surface area (Å²) in [6.07, 6.45) is 0.240. The van der Waals surface area contributed by atoms with Gasteiger partial charge in [0.15, 0.2) is 5.60 Å². The van der Waals surface area contributed by atoms with Crippen molar-refractivity contribution in [3.05, 3.63) is 35.4 Å². The Morgan fingerprint density at radius 3 is 2.67 bits per heavy atom. The molecule has 0 aromatic heterocycles. The number of carbonyl (C=O) groups is 3. The van der Waals surface area contributed by atoms with Gasteiger partial charge in [0, 0.05) is 13.0 Å². The maximum Gasteiger partial charge on any atom is 0.339 e. The molecule has 1 aromatic carbocycles. The van der Waals surface area contributed by atoms with Crippen LogP contribution in [-0.4, -0.2) is 46.5 Å². The molecular weight excluding hydrogens is 274 g/mol. The summed E-state index contributed by atoms with van der Waals surface area (Å²) in [5.41, 5.74) is -0.184. The lowest BCUT2D eigenvalue weighted by molar-refractivity contribution is -0.155. The number of carboxylic acids is 1. The molecule has 0 spiro atoms. The summed E-state index contributed by atoms with van der Waals surface area (Å²) in [6.45, 7) is 3.03. The third-order valence-corrected chi connectivity index (χ3v) is 3.53. The molecule has 21 heavy (non-hydrogen) atoms. The van der Waals surface area contributed by atoms with Crippen molar-refractivity contribution < 1.29 is 24.2 Å². The number of aliphatic carboxylic acids is 1. The first kappa shape index (κ1) is 15.0. The van der Waals surface area contributed by atoms with Crippen LogP contribution in [0.4, 0.5) is 0 Å². The van der Waals surface area contributed by atoms with E-state index in [9.17, 15) is 14.4 Å². The van der Waals surface area contributed by atoms with Crippen molar-refractivity contribution in [2.24, 2.45) is 0 Å². The summed E-state index contributed by atoms with van der Waals surface area (Å²) in [6, 6.07) is 6.94. The predicted octanol–water partition coefficient (Wildman–Crippen LogP) is 1.09. The van der Waals surface area contributed by atoms with E-state index in [2.05, 4.69) is 0 Å². The van der Waals surface area contributed by atoms with Gasteiger partial charge in [0.1, 0.15) is 6.54 Å². The molecule has 0 saturated heterocycles. The lowest BCUT2D eigenvalue weighted by atomic mass is 9.89. The van der Waals surface area contributed by atoms with E-state index in [1.54, 1.807) is 31.2 Å². The number of hydrogen-bond acceptors (Lipinski definition) is 4. The van der Waals surface area contributed by atoms with Crippen molar-refractivity contribution in [1.82, 2.24) is 4.90 Å². The molecule has 0 saturated carbocycles. The van der Waals surface area contributed by atoms with E-state index >= 15 is 0 Å². The summed E-state index contributed by atoms with van der Waals surface area (Å²) in [7, 11) is 0. The lowest BCUT2D eigenvalue weighted by Crippen LogP contribution is -2.54.